The van der Waals surface area contributed by atoms with Crippen molar-refractivity contribution in [2.45, 2.75) is 13.5 Å². The molecule has 0 aliphatic carbocycles. The summed E-state index contributed by atoms with van der Waals surface area (Å²) in [6, 6.07) is 7.30. The van der Waals surface area contributed by atoms with Crippen molar-refractivity contribution in [3.05, 3.63) is 75.2 Å². The van der Waals surface area contributed by atoms with E-state index < -0.39 is 23.0 Å². The first-order chi connectivity index (χ1) is 16.8. The van der Waals surface area contributed by atoms with Gasteiger partial charge in [-0.3, -0.25) is 9.78 Å². The predicted molar refractivity (Wildman–Crippen MR) is 132 cm³/mol. The Labute approximate surface area is 203 Å². The van der Waals surface area contributed by atoms with Gasteiger partial charge in [0.2, 0.25) is 5.43 Å². The van der Waals surface area contributed by atoms with E-state index in [4.69, 9.17) is 11.6 Å². The summed E-state index contributed by atoms with van der Waals surface area (Å²) in [5, 5.41) is 10.2. The molecule has 1 saturated heterocycles. The maximum atomic E-state index is 15.1. The van der Waals surface area contributed by atoms with Gasteiger partial charge in [-0.25, -0.2) is 13.6 Å². The molecule has 1 aliphatic rings. The first-order valence-electron chi connectivity index (χ1n) is 11.1. The molecule has 0 amide bonds. The van der Waals surface area contributed by atoms with Crippen LogP contribution in [0.1, 0.15) is 17.3 Å². The molecule has 35 heavy (non-hydrogen) atoms. The largest absolute Gasteiger partial charge is 0.477 e. The SMILES string of the molecule is CCn1cc(C(=O)O)c(=O)c2c3ccc(F)c(N4CCN(c5ccc(F)c(Cl)c5)CC4)c3ncc21. The van der Waals surface area contributed by atoms with Crippen LogP contribution in [0.4, 0.5) is 20.2 Å². The second kappa shape index (κ2) is 8.81. The van der Waals surface area contributed by atoms with Crippen LogP contribution in [0, 0.1) is 11.6 Å². The first kappa shape index (κ1) is 23.0. The van der Waals surface area contributed by atoms with E-state index in [2.05, 4.69) is 4.98 Å². The van der Waals surface area contributed by atoms with Crippen molar-refractivity contribution in [2.24, 2.45) is 0 Å². The quantitative estimate of drug-likeness (QED) is 0.417. The van der Waals surface area contributed by atoms with E-state index in [1.807, 2.05) is 16.7 Å². The van der Waals surface area contributed by atoms with Crippen molar-refractivity contribution in [3.8, 4) is 0 Å². The lowest BCUT2D eigenvalue weighted by Crippen LogP contribution is -2.47. The maximum Gasteiger partial charge on any atom is 0.341 e. The molecule has 0 radical (unpaired) electrons. The summed E-state index contributed by atoms with van der Waals surface area (Å²) in [4.78, 5) is 33.2. The summed E-state index contributed by atoms with van der Waals surface area (Å²) >= 11 is 5.92. The second-order valence-corrected chi connectivity index (χ2v) is 8.75. The number of halogens is 3. The first-order valence-corrected chi connectivity index (χ1v) is 11.5. The number of aromatic nitrogens is 2. The highest BCUT2D eigenvalue weighted by Gasteiger charge is 2.25. The molecule has 0 spiro atoms. The van der Waals surface area contributed by atoms with Gasteiger partial charge in [0, 0.05) is 50.0 Å². The number of rotatable bonds is 4. The van der Waals surface area contributed by atoms with E-state index in [-0.39, 0.29) is 21.7 Å². The minimum atomic E-state index is -1.32. The monoisotopic (exact) mass is 498 g/mol. The Morgan fingerprint density at radius 1 is 1.09 bits per heavy atom. The lowest BCUT2D eigenvalue weighted by Gasteiger charge is -2.37. The van der Waals surface area contributed by atoms with Gasteiger partial charge in [-0.1, -0.05) is 11.6 Å². The fourth-order valence-corrected chi connectivity index (χ4v) is 4.85. The minimum Gasteiger partial charge on any atom is -0.477 e. The molecule has 0 unspecified atom stereocenters. The van der Waals surface area contributed by atoms with Crippen molar-refractivity contribution in [2.75, 3.05) is 36.0 Å². The van der Waals surface area contributed by atoms with Gasteiger partial charge in [0.1, 0.15) is 17.2 Å². The molecule has 0 bridgehead atoms. The van der Waals surface area contributed by atoms with Gasteiger partial charge in [0.25, 0.3) is 0 Å². The van der Waals surface area contributed by atoms with Crippen LogP contribution < -0.4 is 15.2 Å². The minimum absolute atomic E-state index is 0.0413. The van der Waals surface area contributed by atoms with E-state index in [0.717, 1.165) is 5.69 Å². The predicted octanol–water partition coefficient (Wildman–Crippen LogP) is 4.53. The van der Waals surface area contributed by atoms with E-state index in [1.54, 1.807) is 16.7 Å². The molecule has 2 aromatic carbocycles. The van der Waals surface area contributed by atoms with Crippen LogP contribution in [0.3, 0.4) is 0 Å². The molecule has 1 N–H and O–H groups in total. The third-order valence-corrected chi connectivity index (χ3v) is 6.73. The van der Waals surface area contributed by atoms with Crippen molar-refractivity contribution < 1.29 is 18.7 Å². The van der Waals surface area contributed by atoms with Gasteiger partial charge in [0.05, 0.1) is 33.3 Å². The van der Waals surface area contributed by atoms with Crippen LogP contribution in [0.25, 0.3) is 21.8 Å². The number of hydrogen-bond donors (Lipinski definition) is 1. The normalized spacial score (nSPS) is 14.2. The molecule has 5 rings (SSSR count). The van der Waals surface area contributed by atoms with Crippen LogP contribution in [0.5, 0.6) is 0 Å². The van der Waals surface area contributed by atoms with Gasteiger partial charge in [-0.2, -0.15) is 0 Å². The highest BCUT2D eigenvalue weighted by atomic mass is 35.5. The molecule has 2 aromatic heterocycles. The average Bonchev–Trinajstić information content (AvgIpc) is 2.85. The summed E-state index contributed by atoms with van der Waals surface area (Å²) in [5.41, 5.74) is 0.873. The number of aryl methyl sites for hydroxylation is 1. The number of carboxylic acid groups (broad SMARTS) is 1. The zero-order valence-electron chi connectivity index (χ0n) is 18.8. The number of piperazine rings is 1. The molecular weight excluding hydrogens is 478 g/mol. The van der Waals surface area contributed by atoms with Gasteiger partial charge in [-0.05, 0) is 37.3 Å². The molecule has 3 heterocycles. The fourth-order valence-electron chi connectivity index (χ4n) is 4.68. The molecule has 0 saturated carbocycles. The van der Waals surface area contributed by atoms with Crippen LogP contribution in [-0.4, -0.2) is 46.8 Å². The van der Waals surface area contributed by atoms with Crippen molar-refractivity contribution in [1.29, 1.82) is 0 Å². The Hall–Kier alpha value is -3.72. The molecule has 180 valence electrons. The van der Waals surface area contributed by atoms with Gasteiger partial charge >= 0.3 is 5.97 Å². The second-order valence-electron chi connectivity index (χ2n) is 8.35. The number of anilines is 2. The summed E-state index contributed by atoms with van der Waals surface area (Å²) in [5.74, 6) is -2.28. The van der Waals surface area contributed by atoms with Gasteiger partial charge in [-0.15, -0.1) is 0 Å². The third-order valence-electron chi connectivity index (χ3n) is 6.44. The van der Waals surface area contributed by atoms with Crippen LogP contribution >= 0.6 is 11.6 Å². The molecule has 1 aliphatic heterocycles. The number of carbonyl (C=O) groups is 1. The smallest absolute Gasteiger partial charge is 0.341 e. The number of benzene rings is 2. The zero-order valence-corrected chi connectivity index (χ0v) is 19.5. The number of pyridine rings is 2. The lowest BCUT2D eigenvalue weighted by molar-refractivity contribution is 0.0695. The summed E-state index contributed by atoms with van der Waals surface area (Å²) in [6.45, 7) is 4.27. The van der Waals surface area contributed by atoms with E-state index in [9.17, 15) is 19.1 Å². The van der Waals surface area contributed by atoms with Crippen molar-refractivity contribution in [1.82, 2.24) is 9.55 Å². The van der Waals surface area contributed by atoms with Crippen molar-refractivity contribution >= 4 is 50.8 Å². The molecule has 0 atom stereocenters. The van der Waals surface area contributed by atoms with E-state index >= 15 is 4.39 Å². The highest BCUT2D eigenvalue weighted by molar-refractivity contribution is 6.31. The van der Waals surface area contributed by atoms with Crippen LogP contribution in [0.2, 0.25) is 5.02 Å². The maximum absolute atomic E-state index is 15.1. The van der Waals surface area contributed by atoms with Gasteiger partial charge in [0.15, 0.2) is 0 Å². The van der Waals surface area contributed by atoms with Crippen LogP contribution in [-0.2, 0) is 6.54 Å². The Bertz CT molecular complexity index is 1550. The highest BCUT2D eigenvalue weighted by Crippen LogP contribution is 2.33. The average molecular weight is 499 g/mol. The zero-order chi connectivity index (χ0) is 24.9. The van der Waals surface area contributed by atoms with Gasteiger partial charge < -0.3 is 19.5 Å². The number of fused-ring (bicyclic) bond motifs is 3. The lowest BCUT2D eigenvalue weighted by atomic mass is 10.0. The summed E-state index contributed by atoms with van der Waals surface area (Å²) < 4.78 is 30.3. The molecule has 4 aromatic rings. The third kappa shape index (κ3) is 3.85. The molecular formula is C25H21ClF2N4O3. The molecule has 1 fully saturated rings. The molecule has 7 nitrogen and oxygen atoms in total. The van der Waals surface area contributed by atoms with E-state index in [1.165, 1.54) is 30.6 Å². The topological polar surface area (TPSA) is 78.7 Å². The number of nitrogens with zero attached hydrogens (tertiary/aromatic N) is 4. The number of hydrogen-bond acceptors (Lipinski definition) is 5. The van der Waals surface area contributed by atoms with Crippen molar-refractivity contribution in [3.63, 3.8) is 0 Å². The Balaban J connectivity index is 1.58. The van der Waals surface area contributed by atoms with E-state index in [0.29, 0.717) is 49.1 Å². The summed E-state index contributed by atoms with van der Waals surface area (Å²) in [6.07, 6.45) is 2.81. The Kier molecular flexibility index (Phi) is 5.80. The number of carboxylic acids is 1. The fraction of sp³-hybridized carbons (Fsp3) is 0.240. The summed E-state index contributed by atoms with van der Waals surface area (Å²) in [7, 11) is 0. The molecule has 10 heteroatoms. The van der Waals surface area contributed by atoms with Crippen LogP contribution in [0.15, 0.2) is 47.5 Å². The standard InChI is InChI=1S/C25H21ClF2N4O3/c1-2-30-13-16(25(34)35)24(33)21-15-4-6-19(28)23(22(15)29-12-20(21)30)32-9-7-31(8-10-32)14-3-5-18(27)17(26)11-14/h3-6,11-13H,2,7-10H2,1H3,(H,34,35). The number of aromatic carboxylic acids is 1. The Morgan fingerprint density at radius 2 is 1.77 bits per heavy atom. The Morgan fingerprint density at radius 3 is 2.43 bits per heavy atom.